The molecule has 2 rings (SSSR count). The van der Waals surface area contributed by atoms with E-state index in [1.165, 1.54) is 0 Å². The van der Waals surface area contributed by atoms with Gasteiger partial charge < -0.3 is 20.7 Å². The van der Waals surface area contributed by atoms with Gasteiger partial charge in [0.2, 0.25) is 5.91 Å². The lowest BCUT2D eigenvalue weighted by Gasteiger charge is -2.12. The monoisotopic (exact) mass is 530 g/mol. The number of carbonyl (C=O) groups is 1. The lowest BCUT2D eigenvalue weighted by Crippen LogP contribution is -2.38. The molecule has 0 aliphatic rings. The summed E-state index contributed by atoms with van der Waals surface area (Å²) in [6, 6.07) is 13.2. The summed E-state index contributed by atoms with van der Waals surface area (Å²) in [5.41, 5.74) is 2.64. The largest absolute Gasteiger partial charge is 0.497 e. The molecule has 0 aromatic heterocycles. The van der Waals surface area contributed by atoms with Crippen LogP contribution in [0.4, 0.5) is 5.69 Å². The number of hydrogen-bond acceptors (Lipinski definition) is 3. The molecule has 3 N–H and O–H groups in total. The van der Waals surface area contributed by atoms with E-state index >= 15 is 0 Å². The number of aliphatic imine (C=N–C) groups is 1. The molecule has 0 spiro atoms. The predicted octanol–water partition coefficient (Wildman–Crippen LogP) is 4.36. The van der Waals surface area contributed by atoms with E-state index in [1.807, 2.05) is 50.2 Å². The molecule has 2 aromatic rings. The third-order valence-corrected chi connectivity index (χ3v) is 4.49. The number of amides is 1. The molecule has 0 bridgehead atoms. The molecule has 29 heavy (non-hydrogen) atoms. The van der Waals surface area contributed by atoms with Gasteiger partial charge in [0, 0.05) is 30.2 Å². The van der Waals surface area contributed by atoms with Crippen molar-refractivity contribution in [3.8, 4) is 5.75 Å². The lowest BCUT2D eigenvalue weighted by molar-refractivity contribution is -0.116. The van der Waals surface area contributed by atoms with E-state index in [-0.39, 0.29) is 29.9 Å². The standard InChI is InChI=1S/C21H27ClN4O2.HI/c1-4-23-21(25-14-16-7-5-8-17(13-16)28-3)24-12-11-20(27)26-19-10-6-9-18(22)15(19)2;/h5-10,13H,4,11-12,14H2,1-3H3,(H,26,27)(H2,23,24,25);1H. The highest BCUT2D eigenvalue weighted by atomic mass is 127. The number of ether oxygens (including phenoxy) is 1. The fourth-order valence-electron chi connectivity index (χ4n) is 2.53. The van der Waals surface area contributed by atoms with Gasteiger partial charge in [-0.1, -0.05) is 29.8 Å². The summed E-state index contributed by atoms with van der Waals surface area (Å²) >= 11 is 6.09. The van der Waals surface area contributed by atoms with E-state index in [1.54, 1.807) is 13.2 Å². The third kappa shape index (κ3) is 8.49. The molecule has 8 heteroatoms. The van der Waals surface area contributed by atoms with Gasteiger partial charge in [0.1, 0.15) is 5.75 Å². The van der Waals surface area contributed by atoms with Crippen molar-refractivity contribution in [2.24, 2.45) is 4.99 Å². The van der Waals surface area contributed by atoms with E-state index in [9.17, 15) is 4.79 Å². The zero-order chi connectivity index (χ0) is 20.4. The minimum atomic E-state index is -0.0819. The Morgan fingerprint density at radius 3 is 2.66 bits per heavy atom. The Balaban J connectivity index is 0.00000420. The summed E-state index contributed by atoms with van der Waals surface area (Å²) in [6.45, 7) is 5.59. The number of guanidine groups is 1. The van der Waals surface area contributed by atoms with E-state index in [0.717, 1.165) is 29.1 Å². The van der Waals surface area contributed by atoms with E-state index in [4.69, 9.17) is 16.3 Å². The molecule has 158 valence electrons. The Labute approximate surface area is 194 Å². The fourth-order valence-corrected chi connectivity index (χ4v) is 2.71. The van der Waals surface area contributed by atoms with Gasteiger partial charge in [-0.3, -0.25) is 4.79 Å². The maximum atomic E-state index is 12.2. The van der Waals surface area contributed by atoms with Gasteiger partial charge in [-0.05, 0) is 49.2 Å². The molecule has 0 aliphatic carbocycles. The van der Waals surface area contributed by atoms with E-state index in [2.05, 4.69) is 20.9 Å². The zero-order valence-electron chi connectivity index (χ0n) is 16.9. The topological polar surface area (TPSA) is 74.8 Å². The summed E-state index contributed by atoms with van der Waals surface area (Å²) in [5, 5.41) is 9.89. The SMILES string of the molecule is CCNC(=NCc1cccc(OC)c1)NCCC(=O)Nc1cccc(Cl)c1C.I. The first-order valence-corrected chi connectivity index (χ1v) is 9.61. The van der Waals surface area contributed by atoms with Crippen LogP contribution in [0.3, 0.4) is 0 Å². The van der Waals surface area contributed by atoms with Crippen LogP contribution in [0.5, 0.6) is 5.75 Å². The normalized spacial score (nSPS) is 10.7. The summed E-state index contributed by atoms with van der Waals surface area (Å²) in [5.74, 6) is 1.39. The van der Waals surface area contributed by atoms with Crippen LogP contribution in [-0.2, 0) is 11.3 Å². The Morgan fingerprint density at radius 1 is 1.17 bits per heavy atom. The number of methoxy groups -OCH3 is 1. The molecule has 0 saturated carbocycles. The molecule has 0 atom stereocenters. The lowest BCUT2D eigenvalue weighted by atomic mass is 10.2. The molecule has 0 aliphatic heterocycles. The van der Waals surface area contributed by atoms with E-state index < -0.39 is 0 Å². The molecule has 0 radical (unpaired) electrons. The van der Waals surface area contributed by atoms with E-state index in [0.29, 0.717) is 30.5 Å². The number of nitrogens with zero attached hydrogens (tertiary/aromatic N) is 1. The highest BCUT2D eigenvalue weighted by Crippen LogP contribution is 2.22. The van der Waals surface area contributed by atoms with Crippen LogP contribution in [0.25, 0.3) is 0 Å². The van der Waals surface area contributed by atoms with Crippen molar-refractivity contribution in [3.63, 3.8) is 0 Å². The smallest absolute Gasteiger partial charge is 0.226 e. The van der Waals surface area contributed by atoms with Crippen molar-refractivity contribution in [2.45, 2.75) is 26.8 Å². The minimum absolute atomic E-state index is 0. The van der Waals surface area contributed by atoms with Gasteiger partial charge in [0.25, 0.3) is 0 Å². The third-order valence-electron chi connectivity index (χ3n) is 4.08. The van der Waals surface area contributed by atoms with Crippen LogP contribution >= 0.6 is 35.6 Å². The summed E-state index contributed by atoms with van der Waals surface area (Å²) in [4.78, 5) is 16.8. The summed E-state index contributed by atoms with van der Waals surface area (Å²) in [7, 11) is 1.64. The van der Waals surface area contributed by atoms with Gasteiger partial charge in [0.15, 0.2) is 5.96 Å². The highest BCUT2D eigenvalue weighted by molar-refractivity contribution is 14.0. The van der Waals surface area contributed by atoms with Gasteiger partial charge >= 0.3 is 0 Å². The molecule has 0 unspecified atom stereocenters. The number of hydrogen-bond donors (Lipinski definition) is 3. The minimum Gasteiger partial charge on any atom is -0.497 e. The van der Waals surface area contributed by atoms with Gasteiger partial charge in [0.05, 0.1) is 13.7 Å². The highest BCUT2D eigenvalue weighted by Gasteiger charge is 2.07. The maximum Gasteiger partial charge on any atom is 0.226 e. The van der Waals surface area contributed by atoms with Crippen LogP contribution in [0.15, 0.2) is 47.5 Å². The molecule has 0 fully saturated rings. The quantitative estimate of drug-likeness (QED) is 0.269. The van der Waals surface area contributed by atoms with Crippen molar-refractivity contribution >= 4 is 53.1 Å². The Bertz CT molecular complexity index is 830. The van der Waals surface area contributed by atoms with Crippen LogP contribution in [-0.4, -0.2) is 32.1 Å². The summed E-state index contributed by atoms with van der Waals surface area (Å²) < 4.78 is 5.23. The number of benzene rings is 2. The number of nitrogens with one attached hydrogen (secondary N) is 3. The van der Waals surface area contributed by atoms with Crippen molar-refractivity contribution in [3.05, 3.63) is 58.6 Å². The van der Waals surface area contributed by atoms with Gasteiger partial charge in [-0.15, -0.1) is 24.0 Å². The van der Waals surface area contributed by atoms with Crippen molar-refractivity contribution < 1.29 is 9.53 Å². The average molecular weight is 531 g/mol. The van der Waals surface area contributed by atoms with Crippen molar-refractivity contribution in [1.82, 2.24) is 10.6 Å². The van der Waals surface area contributed by atoms with Crippen molar-refractivity contribution in [1.29, 1.82) is 0 Å². The second kappa shape index (κ2) is 13.3. The Kier molecular flexibility index (Phi) is 11.5. The summed E-state index contributed by atoms with van der Waals surface area (Å²) in [6.07, 6.45) is 0.315. The number of carbonyl (C=O) groups excluding carboxylic acids is 1. The van der Waals surface area contributed by atoms with Crippen LogP contribution < -0.4 is 20.7 Å². The zero-order valence-corrected chi connectivity index (χ0v) is 20.0. The Hall–Kier alpha value is -2.00. The second-order valence-electron chi connectivity index (χ2n) is 6.18. The number of halogens is 2. The number of rotatable bonds is 8. The molecule has 2 aromatic carbocycles. The molecule has 6 nitrogen and oxygen atoms in total. The fraction of sp³-hybridized carbons (Fsp3) is 0.333. The maximum absolute atomic E-state index is 12.2. The first-order chi connectivity index (χ1) is 13.5. The first-order valence-electron chi connectivity index (χ1n) is 9.23. The first kappa shape index (κ1) is 25.0. The van der Waals surface area contributed by atoms with Crippen molar-refractivity contribution in [2.75, 3.05) is 25.5 Å². The number of anilines is 1. The molecular weight excluding hydrogens is 503 g/mol. The molecule has 0 heterocycles. The predicted molar refractivity (Wildman–Crippen MR) is 131 cm³/mol. The van der Waals surface area contributed by atoms with Crippen LogP contribution in [0.1, 0.15) is 24.5 Å². The molecule has 0 saturated heterocycles. The Morgan fingerprint density at radius 2 is 1.93 bits per heavy atom. The van der Waals surface area contributed by atoms with Gasteiger partial charge in [-0.25, -0.2) is 4.99 Å². The second-order valence-corrected chi connectivity index (χ2v) is 6.59. The van der Waals surface area contributed by atoms with Crippen LogP contribution in [0.2, 0.25) is 5.02 Å². The van der Waals surface area contributed by atoms with Crippen LogP contribution in [0, 0.1) is 6.92 Å². The average Bonchev–Trinajstić information content (AvgIpc) is 2.70. The molecule has 1 amide bonds. The molecular formula is C21H28ClIN4O2. The van der Waals surface area contributed by atoms with Gasteiger partial charge in [-0.2, -0.15) is 0 Å².